The first-order valence-electron chi connectivity index (χ1n) is 16.2. The standard InChI is InChI=1S/C36H36F2N6O2/c1-3-26-29(37)10-7-22-13-25(45)14-27(30(22)26)32-31(38)33-28(16-39-32)34(43-18-23-8-9-24(19-43)40-23)42-35(41-33)46-20-36-11-5-4-6-12-44(36)17-21(2)15-36/h1,7,10,13-14,16,23-24,40,45H,2,4-6,8-9,11-12,15,17-20H2/t23-,24+,36?. The number of hydrogen-bond donors (Lipinski definition) is 2. The number of piperazine rings is 1. The summed E-state index contributed by atoms with van der Waals surface area (Å²) in [6.45, 7) is 7.98. The van der Waals surface area contributed by atoms with E-state index in [9.17, 15) is 9.50 Å². The maximum Gasteiger partial charge on any atom is 0.319 e. The number of fused-ring (bicyclic) bond motifs is 5. The van der Waals surface area contributed by atoms with Crippen molar-refractivity contribution in [2.75, 3.05) is 37.7 Å². The molecular formula is C36H36F2N6O2. The molecule has 0 spiro atoms. The van der Waals surface area contributed by atoms with Crippen molar-refractivity contribution in [3.8, 4) is 35.4 Å². The van der Waals surface area contributed by atoms with Gasteiger partial charge >= 0.3 is 6.01 Å². The van der Waals surface area contributed by atoms with Gasteiger partial charge in [0.25, 0.3) is 0 Å². The van der Waals surface area contributed by atoms with E-state index < -0.39 is 11.6 Å². The Hall–Kier alpha value is -4.33. The second kappa shape index (κ2) is 11.2. The number of aromatic nitrogens is 3. The number of pyridine rings is 1. The van der Waals surface area contributed by atoms with Crippen LogP contribution in [-0.4, -0.2) is 75.4 Å². The van der Waals surface area contributed by atoms with Crippen molar-refractivity contribution >= 4 is 27.5 Å². The van der Waals surface area contributed by atoms with E-state index in [4.69, 9.17) is 16.1 Å². The molecule has 4 aromatic rings. The van der Waals surface area contributed by atoms with Crippen LogP contribution in [0.4, 0.5) is 14.6 Å². The molecule has 4 fully saturated rings. The Kier molecular flexibility index (Phi) is 7.07. The molecule has 6 heterocycles. The average molecular weight is 623 g/mol. The molecule has 236 valence electrons. The van der Waals surface area contributed by atoms with Gasteiger partial charge in [0.05, 0.1) is 16.5 Å². The van der Waals surface area contributed by atoms with E-state index in [1.54, 1.807) is 6.20 Å². The van der Waals surface area contributed by atoms with Gasteiger partial charge in [-0.1, -0.05) is 37.0 Å². The van der Waals surface area contributed by atoms with E-state index in [1.165, 1.54) is 36.3 Å². The third kappa shape index (κ3) is 4.84. The minimum absolute atomic E-state index is 0.0251. The summed E-state index contributed by atoms with van der Waals surface area (Å²) in [6, 6.07) is 6.33. The van der Waals surface area contributed by atoms with Gasteiger partial charge in [-0.25, -0.2) is 8.78 Å². The number of ether oxygens (including phenoxy) is 1. The van der Waals surface area contributed by atoms with Crippen LogP contribution in [-0.2, 0) is 0 Å². The Morgan fingerprint density at radius 2 is 1.96 bits per heavy atom. The number of terminal acetylenes is 1. The molecule has 1 unspecified atom stereocenters. The van der Waals surface area contributed by atoms with Gasteiger partial charge in [0, 0.05) is 48.9 Å². The summed E-state index contributed by atoms with van der Waals surface area (Å²) in [4.78, 5) is 18.8. The predicted molar refractivity (Wildman–Crippen MR) is 174 cm³/mol. The minimum atomic E-state index is -0.716. The van der Waals surface area contributed by atoms with Crippen molar-refractivity contribution in [2.24, 2.45) is 0 Å². The molecule has 0 radical (unpaired) electrons. The van der Waals surface area contributed by atoms with Crippen molar-refractivity contribution in [2.45, 2.75) is 62.6 Å². The summed E-state index contributed by atoms with van der Waals surface area (Å²) >= 11 is 0. The maximum atomic E-state index is 16.9. The number of hydrogen-bond acceptors (Lipinski definition) is 8. The van der Waals surface area contributed by atoms with Crippen LogP contribution in [0.2, 0.25) is 0 Å². The molecule has 0 aliphatic carbocycles. The van der Waals surface area contributed by atoms with E-state index in [0.717, 1.165) is 64.7 Å². The lowest BCUT2D eigenvalue weighted by molar-refractivity contribution is 0.0717. The molecule has 8 nitrogen and oxygen atoms in total. The zero-order valence-electron chi connectivity index (χ0n) is 25.7. The van der Waals surface area contributed by atoms with Crippen molar-refractivity contribution in [1.82, 2.24) is 25.2 Å². The van der Waals surface area contributed by atoms with Crippen molar-refractivity contribution in [3.05, 3.63) is 59.8 Å². The number of nitrogens with zero attached hydrogens (tertiary/aromatic N) is 5. The fourth-order valence-electron chi connectivity index (χ4n) is 8.22. The van der Waals surface area contributed by atoms with Gasteiger partial charge in [0.1, 0.15) is 35.2 Å². The van der Waals surface area contributed by atoms with Crippen LogP contribution in [0.3, 0.4) is 0 Å². The van der Waals surface area contributed by atoms with E-state index >= 15 is 4.39 Å². The van der Waals surface area contributed by atoms with E-state index in [-0.39, 0.29) is 39.6 Å². The Morgan fingerprint density at radius 3 is 2.76 bits per heavy atom. The van der Waals surface area contributed by atoms with Gasteiger partial charge in [0.15, 0.2) is 5.82 Å². The Bertz CT molecular complexity index is 1930. The van der Waals surface area contributed by atoms with Gasteiger partial charge in [-0.3, -0.25) is 9.88 Å². The predicted octanol–water partition coefficient (Wildman–Crippen LogP) is 5.70. The number of halogens is 2. The summed E-state index contributed by atoms with van der Waals surface area (Å²) in [7, 11) is 0. The largest absolute Gasteiger partial charge is 0.508 e. The monoisotopic (exact) mass is 622 g/mol. The molecule has 4 saturated heterocycles. The average Bonchev–Trinajstić information content (AvgIpc) is 3.48. The Labute approximate surface area is 266 Å². The summed E-state index contributed by atoms with van der Waals surface area (Å²) < 4.78 is 38.2. The summed E-state index contributed by atoms with van der Waals surface area (Å²) in [5.74, 6) is 1.53. The first kappa shape index (κ1) is 29.1. The Balaban J connectivity index is 1.27. The summed E-state index contributed by atoms with van der Waals surface area (Å²) in [5.41, 5.74) is 1.14. The number of benzene rings is 2. The van der Waals surface area contributed by atoms with Gasteiger partial charge in [-0.05, 0) is 62.2 Å². The molecule has 10 heteroatoms. The van der Waals surface area contributed by atoms with Crippen LogP contribution in [0.25, 0.3) is 32.9 Å². The first-order valence-corrected chi connectivity index (χ1v) is 16.2. The second-order valence-corrected chi connectivity index (χ2v) is 13.4. The number of nitrogens with one attached hydrogen (secondary N) is 1. The highest BCUT2D eigenvalue weighted by Crippen LogP contribution is 2.41. The lowest BCUT2D eigenvalue weighted by Gasteiger charge is -2.36. The third-order valence-corrected chi connectivity index (χ3v) is 10.3. The van der Waals surface area contributed by atoms with Gasteiger partial charge in [-0.15, -0.1) is 6.42 Å². The fraction of sp³-hybridized carbons (Fsp3) is 0.417. The molecule has 2 bridgehead atoms. The molecule has 3 atom stereocenters. The Morgan fingerprint density at radius 1 is 1.13 bits per heavy atom. The molecule has 4 aliphatic heterocycles. The van der Waals surface area contributed by atoms with Crippen LogP contribution in [0.5, 0.6) is 11.8 Å². The molecule has 8 rings (SSSR count). The molecule has 2 N–H and O–H groups in total. The SMILES string of the molecule is C#Cc1c(F)ccc2cc(O)cc(-c3ncc4c(N5C[C@H]6CC[C@@H](C5)N6)nc(OCC56CCCCCN5CC(=C)C6)nc4c3F)c12. The maximum absolute atomic E-state index is 16.9. The number of anilines is 1. The lowest BCUT2D eigenvalue weighted by atomic mass is 9.90. The van der Waals surface area contributed by atoms with Crippen molar-refractivity contribution in [3.63, 3.8) is 0 Å². The summed E-state index contributed by atoms with van der Waals surface area (Å²) in [5, 5.41) is 15.4. The van der Waals surface area contributed by atoms with Crippen LogP contribution < -0.4 is 15.0 Å². The zero-order valence-corrected chi connectivity index (χ0v) is 25.7. The molecule has 0 saturated carbocycles. The quantitative estimate of drug-likeness (QED) is 0.217. The highest BCUT2D eigenvalue weighted by atomic mass is 19.1. The van der Waals surface area contributed by atoms with Crippen LogP contribution >= 0.6 is 0 Å². The molecule has 46 heavy (non-hydrogen) atoms. The number of rotatable bonds is 5. The first-order chi connectivity index (χ1) is 22.3. The third-order valence-electron chi connectivity index (χ3n) is 10.3. The number of aromatic hydroxyl groups is 1. The molecule has 0 amide bonds. The van der Waals surface area contributed by atoms with E-state index in [0.29, 0.717) is 40.7 Å². The molecule has 2 aromatic carbocycles. The number of phenolic OH excluding ortho intramolecular Hbond substituents is 1. The highest BCUT2D eigenvalue weighted by Gasteiger charge is 2.44. The smallest absolute Gasteiger partial charge is 0.319 e. The minimum Gasteiger partial charge on any atom is -0.508 e. The van der Waals surface area contributed by atoms with Crippen molar-refractivity contribution < 1.29 is 18.6 Å². The topological polar surface area (TPSA) is 86.6 Å². The lowest BCUT2D eigenvalue weighted by Crippen LogP contribution is -2.51. The van der Waals surface area contributed by atoms with Crippen molar-refractivity contribution in [1.29, 1.82) is 0 Å². The van der Waals surface area contributed by atoms with Crippen LogP contribution in [0.1, 0.15) is 50.5 Å². The van der Waals surface area contributed by atoms with E-state index in [2.05, 4.69) is 37.6 Å². The number of phenols is 1. The van der Waals surface area contributed by atoms with Gasteiger partial charge < -0.3 is 20.1 Å². The molecule has 4 aliphatic rings. The molecule has 2 aromatic heterocycles. The zero-order chi connectivity index (χ0) is 31.6. The summed E-state index contributed by atoms with van der Waals surface area (Å²) in [6.07, 6.45) is 14.7. The van der Waals surface area contributed by atoms with Gasteiger partial charge in [-0.2, -0.15) is 9.97 Å². The van der Waals surface area contributed by atoms with Gasteiger partial charge in [0.2, 0.25) is 0 Å². The van der Waals surface area contributed by atoms with Crippen LogP contribution in [0, 0.1) is 24.0 Å². The van der Waals surface area contributed by atoms with E-state index in [1.807, 2.05) is 0 Å². The second-order valence-electron chi connectivity index (χ2n) is 13.4. The fourth-order valence-corrected chi connectivity index (χ4v) is 8.22. The highest BCUT2D eigenvalue weighted by molar-refractivity contribution is 6.03. The van der Waals surface area contributed by atoms with Crippen LogP contribution in [0.15, 0.2) is 42.6 Å². The normalized spacial score (nSPS) is 24.7. The molecular weight excluding hydrogens is 586 g/mol.